The predicted molar refractivity (Wildman–Crippen MR) is 118 cm³/mol. The highest BCUT2D eigenvalue weighted by Gasteiger charge is 2.41. The molecule has 1 N–H and O–H groups in total. The molecule has 1 atom stereocenters. The van der Waals surface area contributed by atoms with Crippen molar-refractivity contribution >= 4 is 33.5 Å². The summed E-state index contributed by atoms with van der Waals surface area (Å²) in [7, 11) is 0. The van der Waals surface area contributed by atoms with Crippen LogP contribution in [0.4, 0.5) is 11.4 Å². The van der Waals surface area contributed by atoms with Gasteiger partial charge in [0.15, 0.2) is 5.78 Å². The number of benzene rings is 3. The molecule has 0 spiro atoms. The molecule has 1 heterocycles. The maximum atomic E-state index is 13.3. The van der Waals surface area contributed by atoms with Crippen molar-refractivity contribution in [3.8, 4) is 0 Å². The number of nitrogens with one attached hydrogen (secondary N) is 1. The molecule has 3 aromatic carbocycles. The number of para-hydroxylation sites is 1. The number of fused-ring (bicyclic) bond motifs is 3. The molecule has 1 aliphatic carbocycles. The average molecular weight is 398 g/mol. The zero-order valence-corrected chi connectivity index (χ0v) is 16.9. The summed E-state index contributed by atoms with van der Waals surface area (Å²) >= 11 is 0. The lowest BCUT2D eigenvalue weighted by Gasteiger charge is -2.40. The highest BCUT2D eigenvalue weighted by Crippen LogP contribution is 2.51. The lowest BCUT2D eigenvalue weighted by atomic mass is 9.68. The van der Waals surface area contributed by atoms with Gasteiger partial charge in [-0.05, 0) is 46.4 Å². The molecule has 150 valence electrons. The second kappa shape index (κ2) is 6.52. The highest BCUT2D eigenvalue weighted by molar-refractivity contribution is 6.25. The minimum absolute atomic E-state index is 0.0712. The van der Waals surface area contributed by atoms with Crippen molar-refractivity contribution in [2.45, 2.75) is 32.7 Å². The van der Waals surface area contributed by atoms with Gasteiger partial charge in [0.05, 0.1) is 16.5 Å². The zero-order valence-electron chi connectivity index (χ0n) is 16.9. The Balaban J connectivity index is 1.79. The molecule has 5 heteroatoms. The van der Waals surface area contributed by atoms with Crippen molar-refractivity contribution in [3.05, 3.63) is 87.5 Å². The van der Waals surface area contributed by atoms with Crippen LogP contribution in [-0.2, 0) is 4.79 Å². The molecule has 1 unspecified atom stereocenters. The van der Waals surface area contributed by atoms with Crippen molar-refractivity contribution in [2.24, 2.45) is 5.41 Å². The van der Waals surface area contributed by atoms with Crippen LogP contribution < -0.4 is 5.32 Å². The third-order valence-corrected chi connectivity index (χ3v) is 6.16. The Morgan fingerprint density at radius 3 is 2.40 bits per heavy atom. The van der Waals surface area contributed by atoms with E-state index in [2.05, 4.69) is 25.2 Å². The fourth-order valence-corrected chi connectivity index (χ4v) is 4.91. The van der Waals surface area contributed by atoms with E-state index < -0.39 is 6.04 Å². The molecular weight excluding hydrogens is 376 g/mol. The van der Waals surface area contributed by atoms with Gasteiger partial charge >= 0.3 is 0 Å². The van der Waals surface area contributed by atoms with Crippen LogP contribution in [-0.4, -0.2) is 10.7 Å². The van der Waals surface area contributed by atoms with Gasteiger partial charge in [-0.15, -0.1) is 0 Å². The van der Waals surface area contributed by atoms with Gasteiger partial charge in [-0.2, -0.15) is 0 Å². The fraction of sp³-hybridized carbons (Fsp3) is 0.240. The number of hydrogen-bond acceptors (Lipinski definition) is 4. The third-order valence-electron chi connectivity index (χ3n) is 6.16. The van der Waals surface area contributed by atoms with Gasteiger partial charge in [-0.3, -0.25) is 14.9 Å². The first-order valence-corrected chi connectivity index (χ1v) is 10.1. The van der Waals surface area contributed by atoms with Crippen LogP contribution in [0.1, 0.15) is 43.9 Å². The molecule has 5 rings (SSSR count). The van der Waals surface area contributed by atoms with E-state index in [1.807, 2.05) is 36.4 Å². The summed E-state index contributed by atoms with van der Waals surface area (Å²) in [6, 6.07) is 18.6. The predicted octanol–water partition coefficient (Wildman–Crippen LogP) is 6.06. The molecule has 0 bridgehead atoms. The Labute approximate surface area is 174 Å². The van der Waals surface area contributed by atoms with Crippen molar-refractivity contribution < 1.29 is 9.72 Å². The van der Waals surface area contributed by atoms with Crippen LogP contribution >= 0.6 is 0 Å². The molecule has 2 aliphatic rings. The van der Waals surface area contributed by atoms with Crippen LogP contribution in [0, 0.1) is 15.5 Å². The topological polar surface area (TPSA) is 72.2 Å². The average Bonchev–Trinajstić information content (AvgIpc) is 2.70. The molecule has 3 aromatic rings. The smallest absolute Gasteiger partial charge is 0.275 e. The molecule has 0 fully saturated rings. The van der Waals surface area contributed by atoms with E-state index in [-0.39, 0.29) is 21.8 Å². The van der Waals surface area contributed by atoms with E-state index in [1.165, 1.54) is 6.07 Å². The minimum atomic E-state index is -0.404. The Bertz CT molecular complexity index is 1260. The van der Waals surface area contributed by atoms with Crippen molar-refractivity contribution in [1.29, 1.82) is 0 Å². The quantitative estimate of drug-likeness (QED) is 0.421. The summed E-state index contributed by atoms with van der Waals surface area (Å²) in [4.78, 5) is 24.7. The summed E-state index contributed by atoms with van der Waals surface area (Å²) in [6.07, 6.45) is 1.19. The first-order valence-electron chi connectivity index (χ1n) is 10.1. The van der Waals surface area contributed by atoms with E-state index in [0.29, 0.717) is 18.4 Å². The summed E-state index contributed by atoms with van der Waals surface area (Å²) in [6.45, 7) is 4.17. The standard InChI is InChI=1S/C25H22N2O3/c1-25(2)13-19-23(22(28)14-25)18-11-15-7-3-4-8-16(15)12-20(18)26-24(19)17-9-5-6-10-21(17)27(29)30/h3-12,24,26H,13-14H2,1-2H3. The number of nitrogens with zero attached hydrogens (tertiary/aromatic N) is 1. The number of Topliss-reactive ketones (excluding diaryl/α,β-unsaturated/α-hetero) is 1. The SMILES string of the molecule is CC1(C)CC(=O)C2=C(C1)C(c1ccccc1[N+](=O)[O-])Nc1cc3ccccc3cc12. The molecule has 5 nitrogen and oxygen atoms in total. The van der Waals surface area contributed by atoms with Crippen molar-refractivity contribution in [1.82, 2.24) is 0 Å². The number of allylic oxidation sites excluding steroid dienone is 1. The summed E-state index contributed by atoms with van der Waals surface area (Å²) < 4.78 is 0. The van der Waals surface area contributed by atoms with Crippen LogP contribution in [0.3, 0.4) is 0 Å². The Hall–Kier alpha value is -3.47. The van der Waals surface area contributed by atoms with Gasteiger partial charge in [0, 0.05) is 29.3 Å². The monoisotopic (exact) mass is 398 g/mol. The molecule has 0 amide bonds. The normalized spacial score (nSPS) is 19.8. The van der Waals surface area contributed by atoms with Gasteiger partial charge < -0.3 is 5.32 Å². The number of carbonyl (C=O) groups excluding carboxylic acids is 1. The lowest BCUT2D eigenvalue weighted by Crippen LogP contribution is -2.32. The fourth-order valence-electron chi connectivity index (χ4n) is 4.91. The van der Waals surface area contributed by atoms with Crippen LogP contribution in [0.25, 0.3) is 16.3 Å². The van der Waals surface area contributed by atoms with E-state index in [4.69, 9.17) is 0 Å². The zero-order chi connectivity index (χ0) is 21.0. The second-order valence-electron chi connectivity index (χ2n) is 8.98. The van der Waals surface area contributed by atoms with Gasteiger partial charge in [0.25, 0.3) is 5.69 Å². The third kappa shape index (κ3) is 2.89. The molecule has 1 aliphatic heterocycles. The minimum Gasteiger partial charge on any atom is -0.374 e. The van der Waals surface area contributed by atoms with Gasteiger partial charge in [0.1, 0.15) is 0 Å². The molecular formula is C25H22N2O3. The van der Waals surface area contributed by atoms with Gasteiger partial charge in [0.2, 0.25) is 0 Å². The number of anilines is 1. The Morgan fingerprint density at radius 2 is 1.67 bits per heavy atom. The van der Waals surface area contributed by atoms with Crippen molar-refractivity contribution in [3.63, 3.8) is 0 Å². The molecule has 30 heavy (non-hydrogen) atoms. The highest BCUT2D eigenvalue weighted by atomic mass is 16.6. The molecule has 0 saturated heterocycles. The van der Waals surface area contributed by atoms with Crippen molar-refractivity contribution in [2.75, 3.05) is 5.32 Å². The Kier molecular flexibility index (Phi) is 4.03. The number of hydrogen-bond donors (Lipinski definition) is 1. The number of nitro groups is 1. The molecule has 0 aromatic heterocycles. The van der Waals surface area contributed by atoms with E-state index >= 15 is 0 Å². The number of nitro benzene ring substituents is 1. The number of rotatable bonds is 2. The summed E-state index contributed by atoms with van der Waals surface area (Å²) in [5, 5.41) is 17.4. The van der Waals surface area contributed by atoms with Gasteiger partial charge in [-0.25, -0.2) is 0 Å². The van der Waals surface area contributed by atoms with Gasteiger partial charge in [-0.1, -0.05) is 50.2 Å². The van der Waals surface area contributed by atoms with E-state index in [9.17, 15) is 14.9 Å². The number of ketones is 1. The summed E-state index contributed by atoms with van der Waals surface area (Å²) in [5.41, 5.74) is 3.92. The van der Waals surface area contributed by atoms with Crippen LogP contribution in [0.5, 0.6) is 0 Å². The number of carbonyl (C=O) groups is 1. The van der Waals surface area contributed by atoms with E-state index in [1.54, 1.807) is 12.1 Å². The maximum absolute atomic E-state index is 13.3. The lowest BCUT2D eigenvalue weighted by molar-refractivity contribution is -0.385. The Morgan fingerprint density at radius 1 is 1.00 bits per heavy atom. The molecule has 0 radical (unpaired) electrons. The van der Waals surface area contributed by atoms with Crippen LogP contribution in [0.2, 0.25) is 0 Å². The second-order valence-corrected chi connectivity index (χ2v) is 8.98. The largest absolute Gasteiger partial charge is 0.374 e. The van der Waals surface area contributed by atoms with E-state index in [0.717, 1.165) is 33.2 Å². The van der Waals surface area contributed by atoms with Crippen LogP contribution in [0.15, 0.2) is 66.2 Å². The molecule has 0 saturated carbocycles. The first kappa shape index (κ1) is 18.6. The summed E-state index contributed by atoms with van der Waals surface area (Å²) in [5.74, 6) is 0.114. The maximum Gasteiger partial charge on any atom is 0.275 e. The first-order chi connectivity index (χ1) is 14.3.